The molecule has 2 rings (SSSR count). The fourth-order valence-electron chi connectivity index (χ4n) is 2.45. The zero-order valence-corrected chi connectivity index (χ0v) is 17.5. The van der Waals surface area contributed by atoms with Gasteiger partial charge in [0, 0.05) is 12.8 Å². The Labute approximate surface area is 184 Å². The molecular formula is C21H22ClN3O6. The first-order chi connectivity index (χ1) is 14.9. The molecular weight excluding hydrogens is 426 g/mol. The van der Waals surface area contributed by atoms with E-state index in [2.05, 4.69) is 16.2 Å². The number of nitrogens with one attached hydrogen (secondary N) is 3. The van der Waals surface area contributed by atoms with E-state index in [0.717, 1.165) is 0 Å². The topological polar surface area (TPSA) is 123 Å². The number of hydrazine groups is 1. The van der Waals surface area contributed by atoms with Crippen LogP contribution in [-0.2, 0) is 19.1 Å². The number of hydrogen-bond acceptors (Lipinski definition) is 6. The molecule has 164 valence electrons. The zero-order chi connectivity index (χ0) is 22.6. The number of hydrogen-bond donors (Lipinski definition) is 3. The van der Waals surface area contributed by atoms with Crippen molar-refractivity contribution in [1.82, 2.24) is 10.9 Å². The molecule has 0 aliphatic rings. The molecule has 2 aromatic carbocycles. The lowest BCUT2D eigenvalue weighted by molar-refractivity contribution is -0.148. The van der Waals surface area contributed by atoms with E-state index in [4.69, 9.17) is 21.1 Å². The van der Waals surface area contributed by atoms with Gasteiger partial charge in [-0.15, -0.1) is 0 Å². The van der Waals surface area contributed by atoms with Crippen molar-refractivity contribution >= 4 is 41.0 Å². The maximum absolute atomic E-state index is 12.0. The Balaban J connectivity index is 1.63. The van der Waals surface area contributed by atoms with Crippen LogP contribution in [0.5, 0.6) is 5.75 Å². The average molecular weight is 448 g/mol. The molecule has 2 aromatic rings. The Morgan fingerprint density at radius 1 is 0.903 bits per heavy atom. The smallest absolute Gasteiger partial charge is 0.306 e. The Morgan fingerprint density at radius 2 is 1.61 bits per heavy atom. The minimum atomic E-state index is -0.720. The molecule has 0 unspecified atom stereocenters. The summed E-state index contributed by atoms with van der Waals surface area (Å²) in [5, 5.41) is 2.93. The van der Waals surface area contributed by atoms with Crippen molar-refractivity contribution in [2.75, 3.05) is 19.0 Å². The van der Waals surface area contributed by atoms with Gasteiger partial charge in [0.05, 0.1) is 23.4 Å². The van der Waals surface area contributed by atoms with Gasteiger partial charge in [0.25, 0.3) is 11.8 Å². The van der Waals surface area contributed by atoms with Crippen LogP contribution in [0, 0.1) is 0 Å². The van der Waals surface area contributed by atoms with Crippen LogP contribution in [0.15, 0.2) is 48.5 Å². The second-order valence-corrected chi connectivity index (χ2v) is 6.65. The first-order valence-corrected chi connectivity index (χ1v) is 9.70. The summed E-state index contributed by atoms with van der Waals surface area (Å²) < 4.78 is 9.97. The van der Waals surface area contributed by atoms with Gasteiger partial charge in [-0.25, -0.2) is 0 Å². The number of methoxy groups -OCH3 is 1. The summed E-state index contributed by atoms with van der Waals surface area (Å²) in [6.07, 6.45) is 0.288. The molecule has 0 saturated carbocycles. The molecule has 0 radical (unpaired) electrons. The number of ether oxygens (including phenoxy) is 2. The fourth-order valence-corrected chi connectivity index (χ4v) is 2.67. The molecule has 0 atom stereocenters. The van der Waals surface area contributed by atoms with Crippen LogP contribution < -0.4 is 20.9 Å². The van der Waals surface area contributed by atoms with Gasteiger partial charge in [-0.2, -0.15) is 0 Å². The van der Waals surface area contributed by atoms with Crippen molar-refractivity contribution in [1.29, 1.82) is 0 Å². The molecule has 0 spiro atoms. The summed E-state index contributed by atoms with van der Waals surface area (Å²) in [5.74, 6) is -1.72. The highest BCUT2D eigenvalue weighted by atomic mass is 35.5. The molecule has 31 heavy (non-hydrogen) atoms. The lowest BCUT2D eigenvalue weighted by atomic mass is 10.2. The van der Waals surface area contributed by atoms with Crippen molar-refractivity contribution in [2.45, 2.75) is 19.3 Å². The molecule has 0 heterocycles. The van der Waals surface area contributed by atoms with Crippen LogP contribution in [0.1, 0.15) is 29.6 Å². The second-order valence-electron chi connectivity index (χ2n) is 6.24. The Kier molecular flexibility index (Phi) is 9.31. The highest BCUT2D eigenvalue weighted by molar-refractivity contribution is 6.33. The first kappa shape index (κ1) is 23.7. The summed E-state index contributed by atoms with van der Waals surface area (Å²) in [6.45, 7) is -0.574. The van der Waals surface area contributed by atoms with Crippen LogP contribution in [0.4, 0.5) is 5.69 Å². The van der Waals surface area contributed by atoms with E-state index in [1.54, 1.807) is 36.4 Å². The highest BCUT2D eigenvalue weighted by Crippen LogP contribution is 2.23. The van der Waals surface area contributed by atoms with E-state index >= 15 is 0 Å². The van der Waals surface area contributed by atoms with Gasteiger partial charge in [-0.3, -0.25) is 30.0 Å². The number of carbonyl (C=O) groups is 4. The van der Waals surface area contributed by atoms with E-state index in [1.807, 2.05) is 0 Å². The maximum Gasteiger partial charge on any atom is 0.306 e. The van der Waals surface area contributed by atoms with Crippen molar-refractivity contribution < 1.29 is 28.7 Å². The van der Waals surface area contributed by atoms with Crippen molar-refractivity contribution in [3.05, 3.63) is 59.1 Å². The van der Waals surface area contributed by atoms with Gasteiger partial charge in [0.1, 0.15) is 5.75 Å². The molecule has 0 saturated heterocycles. The molecule has 9 nitrogen and oxygen atoms in total. The van der Waals surface area contributed by atoms with E-state index in [9.17, 15) is 19.2 Å². The summed E-state index contributed by atoms with van der Waals surface area (Å²) in [6, 6.07) is 13.3. The number of amides is 3. The minimum absolute atomic E-state index is 0.0430. The number of para-hydroxylation sites is 2. The zero-order valence-electron chi connectivity index (χ0n) is 16.8. The molecule has 3 N–H and O–H groups in total. The SMILES string of the molecule is COc1ccccc1NC(=O)CCCC(=O)OCC(=O)NNC(=O)c1ccccc1Cl. The predicted octanol–water partition coefficient (Wildman–Crippen LogP) is 2.46. The third-order valence-electron chi connectivity index (χ3n) is 3.96. The van der Waals surface area contributed by atoms with Crippen LogP contribution in [0.3, 0.4) is 0 Å². The molecule has 0 aliphatic heterocycles. The number of benzene rings is 2. The number of anilines is 1. The normalized spacial score (nSPS) is 10.0. The van der Waals surface area contributed by atoms with Crippen LogP contribution >= 0.6 is 11.6 Å². The molecule has 10 heteroatoms. The van der Waals surface area contributed by atoms with E-state index in [-0.39, 0.29) is 35.8 Å². The van der Waals surface area contributed by atoms with E-state index < -0.39 is 24.4 Å². The minimum Gasteiger partial charge on any atom is -0.495 e. The van der Waals surface area contributed by atoms with Crippen LogP contribution in [-0.4, -0.2) is 37.4 Å². The van der Waals surface area contributed by atoms with Crippen molar-refractivity contribution in [3.8, 4) is 5.75 Å². The summed E-state index contributed by atoms with van der Waals surface area (Å²) >= 11 is 5.89. The van der Waals surface area contributed by atoms with Crippen LogP contribution in [0.25, 0.3) is 0 Å². The largest absolute Gasteiger partial charge is 0.495 e. The molecule has 0 fully saturated rings. The quantitative estimate of drug-likeness (QED) is 0.401. The van der Waals surface area contributed by atoms with Crippen LogP contribution in [0.2, 0.25) is 5.02 Å². The van der Waals surface area contributed by atoms with Gasteiger partial charge in [0.15, 0.2) is 6.61 Å². The molecule has 0 aromatic heterocycles. The van der Waals surface area contributed by atoms with Gasteiger partial charge in [-0.05, 0) is 30.7 Å². The lowest BCUT2D eigenvalue weighted by Gasteiger charge is -2.10. The number of rotatable bonds is 9. The molecule has 0 aliphatic carbocycles. The predicted molar refractivity (Wildman–Crippen MR) is 113 cm³/mol. The monoisotopic (exact) mass is 447 g/mol. The van der Waals surface area contributed by atoms with Gasteiger partial charge < -0.3 is 14.8 Å². The number of carbonyl (C=O) groups excluding carboxylic acids is 4. The Bertz CT molecular complexity index is 950. The Morgan fingerprint density at radius 3 is 2.35 bits per heavy atom. The molecule has 0 bridgehead atoms. The van der Waals surface area contributed by atoms with Gasteiger partial charge >= 0.3 is 5.97 Å². The maximum atomic E-state index is 12.0. The van der Waals surface area contributed by atoms with Crippen molar-refractivity contribution in [2.24, 2.45) is 0 Å². The van der Waals surface area contributed by atoms with E-state index in [0.29, 0.717) is 11.4 Å². The third-order valence-corrected chi connectivity index (χ3v) is 4.29. The highest BCUT2D eigenvalue weighted by Gasteiger charge is 2.13. The summed E-state index contributed by atoms with van der Waals surface area (Å²) in [5.41, 5.74) is 5.03. The third kappa shape index (κ3) is 7.98. The number of halogens is 1. The van der Waals surface area contributed by atoms with Gasteiger partial charge in [-0.1, -0.05) is 35.9 Å². The summed E-state index contributed by atoms with van der Waals surface area (Å²) in [4.78, 5) is 47.3. The standard InChI is InChI=1S/C21H22ClN3O6/c1-30-17-10-5-4-9-16(17)23-18(26)11-6-12-20(28)31-13-19(27)24-25-21(29)14-7-2-3-8-15(14)22/h2-5,7-10H,6,11-13H2,1H3,(H,23,26)(H,24,27)(H,25,29). The lowest BCUT2D eigenvalue weighted by Crippen LogP contribution is -2.43. The van der Waals surface area contributed by atoms with Gasteiger partial charge in [0.2, 0.25) is 5.91 Å². The summed E-state index contributed by atoms with van der Waals surface area (Å²) in [7, 11) is 1.50. The fraction of sp³-hybridized carbons (Fsp3) is 0.238. The first-order valence-electron chi connectivity index (χ1n) is 9.33. The van der Waals surface area contributed by atoms with E-state index in [1.165, 1.54) is 19.2 Å². The van der Waals surface area contributed by atoms with Crippen molar-refractivity contribution in [3.63, 3.8) is 0 Å². The second kappa shape index (κ2) is 12.2. The average Bonchev–Trinajstić information content (AvgIpc) is 2.76. The number of esters is 1. The Hall–Kier alpha value is -3.59. The molecule has 3 amide bonds.